The molecule has 1 aliphatic heterocycles. The molecule has 102 valence electrons. The monoisotopic (exact) mass is 260 g/mol. The summed E-state index contributed by atoms with van der Waals surface area (Å²) in [6.45, 7) is 2.68. The zero-order chi connectivity index (χ0) is 13.7. The highest BCUT2D eigenvalue weighted by atomic mass is 16.2. The van der Waals surface area contributed by atoms with Crippen LogP contribution in [-0.4, -0.2) is 29.3 Å². The van der Waals surface area contributed by atoms with E-state index < -0.39 is 0 Å². The third-order valence-electron chi connectivity index (χ3n) is 3.38. The quantitative estimate of drug-likeness (QED) is 0.903. The minimum atomic E-state index is -0.306. The third-order valence-corrected chi connectivity index (χ3v) is 3.38. The van der Waals surface area contributed by atoms with E-state index in [1.54, 1.807) is 4.90 Å². The smallest absolute Gasteiger partial charge is 0.247 e. The standard InChI is InChI=1S/C15H20N2O2/c1-2-7-14(18)17-11-6-10-13(17)15(19)16-12-8-4-3-5-9-12/h3-5,8-9,13H,2,6-7,10-11H2,1H3,(H,16,19)/t13-/m0/s1. The number of carbonyl (C=O) groups excluding carboxylic acids is 2. The second-order valence-electron chi connectivity index (χ2n) is 4.85. The van der Waals surface area contributed by atoms with Crippen LogP contribution in [0.1, 0.15) is 32.6 Å². The molecule has 0 spiro atoms. The summed E-state index contributed by atoms with van der Waals surface area (Å²) in [6, 6.07) is 9.06. The number of hydrogen-bond donors (Lipinski definition) is 1. The number of carbonyl (C=O) groups is 2. The third kappa shape index (κ3) is 3.34. The molecule has 2 rings (SSSR count). The van der Waals surface area contributed by atoms with E-state index in [9.17, 15) is 9.59 Å². The zero-order valence-electron chi connectivity index (χ0n) is 11.3. The van der Waals surface area contributed by atoms with Crippen molar-refractivity contribution < 1.29 is 9.59 Å². The van der Waals surface area contributed by atoms with Crippen molar-refractivity contribution in [1.82, 2.24) is 4.90 Å². The zero-order valence-corrected chi connectivity index (χ0v) is 11.3. The number of para-hydroxylation sites is 1. The average Bonchev–Trinajstić information content (AvgIpc) is 2.89. The fourth-order valence-electron chi connectivity index (χ4n) is 2.44. The van der Waals surface area contributed by atoms with Crippen molar-refractivity contribution in [2.24, 2.45) is 0 Å². The summed E-state index contributed by atoms with van der Waals surface area (Å²) in [5.41, 5.74) is 0.780. The fourth-order valence-corrected chi connectivity index (χ4v) is 2.44. The first-order valence-corrected chi connectivity index (χ1v) is 6.87. The van der Waals surface area contributed by atoms with Gasteiger partial charge in [0.15, 0.2) is 0 Å². The maximum Gasteiger partial charge on any atom is 0.247 e. The molecule has 1 saturated heterocycles. The summed E-state index contributed by atoms with van der Waals surface area (Å²) in [4.78, 5) is 25.9. The molecule has 0 aromatic heterocycles. The van der Waals surface area contributed by atoms with Gasteiger partial charge in [-0.15, -0.1) is 0 Å². The molecule has 1 aromatic rings. The van der Waals surface area contributed by atoms with E-state index in [4.69, 9.17) is 0 Å². The minimum absolute atomic E-state index is 0.0758. The molecule has 4 nitrogen and oxygen atoms in total. The molecule has 1 aromatic carbocycles. The van der Waals surface area contributed by atoms with Gasteiger partial charge in [-0.3, -0.25) is 9.59 Å². The van der Waals surface area contributed by atoms with E-state index >= 15 is 0 Å². The largest absolute Gasteiger partial charge is 0.331 e. The Morgan fingerprint density at radius 2 is 2.05 bits per heavy atom. The van der Waals surface area contributed by atoms with Crippen LogP contribution in [0.25, 0.3) is 0 Å². The van der Waals surface area contributed by atoms with E-state index in [-0.39, 0.29) is 17.9 Å². The lowest BCUT2D eigenvalue weighted by Crippen LogP contribution is -2.43. The van der Waals surface area contributed by atoms with Gasteiger partial charge in [-0.1, -0.05) is 25.1 Å². The Bertz CT molecular complexity index is 445. The van der Waals surface area contributed by atoms with E-state index in [0.717, 1.165) is 24.9 Å². The van der Waals surface area contributed by atoms with Gasteiger partial charge in [-0.2, -0.15) is 0 Å². The topological polar surface area (TPSA) is 49.4 Å². The highest BCUT2D eigenvalue weighted by Gasteiger charge is 2.33. The molecule has 0 radical (unpaired) electrons. The van der Waals surface area contributed by atoms with E-state index in [2.05, 4.69) is 5.32 Å². The fraction of sp³-hybridized carbons (Fsp3) is 0.467. The Morgan fingerprint density at radius 1 is 1.32 bits per heavy atom. The molecule has 2 amide bonds. The van der Waals surface area contributed by atoms with Crippen molar-refractivity contribution in [1.29, 1.82) is 0 Å². The summed E-state index contributed by atoms with van der Waals surface area (Å²) in [5.74, 6) is 0.0152. The van der Waals surface area contributed by atoms with Gasteiger partial charge in [-0.25, -0.2) is 0 Å². The molecule has 1 atom stereocenters. The van der Waals surface area contributed by atoms with Crippen LogP contribution in [0.15, 0.2) is 30.3 Å². The van der Waals surface area contributed by atoms with Gasteiger partial charge in [-0.05, 0) is 31.4 Å². The van der Waals surface area contributed by atoms with E-state index in [0.29, 0.717) is 13.0 Å². The van der Waals surface area contributed by atoms with Crippen LogP contribution in [0.4, 0.5) is 5.69 Å². The molecule has 0 aliphatic carbocycles. The van der Waals surface area contributed by atoms with Gasteiger partial charge in [0.2, 0.25) is 11.8 Å². The van der Waals surface area contributed by atoms with Crippen molar-refractivity contribution in [2.45, 2.75) is 38.6 Å². The molecular weight excluding hydrogens is 240 g/mol. The molecule has 0 unspecified atom stereocenters. The number of anilines is 1. The maximum atomic E-state index is 12.2. The van der Waals surface area contributed by atoms with Crippen molar-refractivity contribution >= 4 is 17.5 Å². The second-order valence-corrected chi connectivity index (χ2v) is 4.85. The molecule has 4 heteroatoms. The number of rotatable bonds is 4. The van der Waals surface area contributed by atoms with Gasteiger partial charge in [0.05, 0.1) is 0 Å². The van der Waals surface area contributed by atoms with Crippen LogP contribution < -0.4 is 5.32 Å². The molecule has 1 N–H and O–H groups in total. The van der Waals surface area contributed by atoms with E-state index in [1.807, 2.05) is 37.3 Å². The van der Waals surface area contributed by atoms with Gasteiger partial charge in [0.1, 0.15) is 6.04 Å². The number of likely N-dealkylation sites (tertiary alicyclic amines) is 1. The first kappa shape index (κ1) is 13.6. The lowest BCUT2D eigenvalue weighted by Gasteiger charge is -2.23. The average molecular weight is 260 g/mol. The summed E-state index contributed by atoms with van der Waals surface area (Å²) >= 11 is 0. The lowest BCUT2D eigenvalue weighted by molar-refractivity contribution is -0.136. The van der Waals surface area contributed by atoms with Gasteiger partial charge >= 0.3 is 0 Å². The molecule has 19 heavy (non-hydrogen) atoms. The SMILES string of the molecule is CCCC(=O)N1CCC[C@H]1C(=O)Nc1ccccc1. The summed E-state index contributed by atoms with van der Waals surface area (Å²) in [7, 11) is 0. The van der Waals surface area contributed by atoms with Crippen LogP contribution in [0.3, 0.4) is 0 Å². The normalized spacial score (nSPS) is 18.4. The molecule has 0 bridgehead atoms. The first-order chi connectivity index (χ1) is 9.22. The Hall–Kier alpha value is -1.84. The van der Waals surface area contributed by atoms with Gasteiger partial charge < -0.3 is 10.2 Å². The number of nitrogens with one attached hydrogen (secondary N) is 1. The Kier molecular flexibility index (Phi) is 4.55. The van der Waals surface area contributed by atoms with Crippen LogP contribution in [-0.2, 0) is 9.59 Å². The Morgan fingerprint density at radius 3 is 2.74 bits per heavy atom. The molecular formula is C15H20N2O2. The molecule has 1 aliphatic rings. The first-order valence-electron chi connectivity index (χ1n) is 6.87. The van der Waals surface area contributed by atoms with Crippen molar-refractivity contribution in [3.63, 3.8) is 0 Å². The Labute approximate surface area is 113 Å². The number of nitrogens with zero attached hydrogens (tertiary/aromatic N) is 1. The van der Waals surface area contributed by atoms with Crippen LogP contribution in [0.5, 0.6) is 0 Å². The summed E-state index contributed by atoms with van der Waals surface area (Å²) in [6.07, 6.45) is 3.01. The maximum absolute atomic E-state index is 12.2. The minimum Gasteiger partial charge on any atom is -0.331 e. The van der Waals surface area contributed by atoms with Gasteiger partial charge in [0.25, 0.3) is 0 Å². The van der Waals surface area contributed by atoms with Crippen molar-refractivity contribution in [3.05, 3.63) is 30.3 Å². The van der Waals surface area contributed by atoms with Crippen LogP contribution in [0, 0.1) is 0 Å². The van der Waals surface area contributed by atoms with Crippen molar-refractivity contribution in [2.75, 3.05) is 11.9 Å². The van der Waals surface area contributed by atoms with Crippen LogP contribution >= 0.6 is 0 Å². The predicted octanol–water partition coefficient (Wildman–Crippen LogP) is 2.42. The number of benzene rings is 1. The number of amides is 2. The summed E-state index contributed by atoms with van der Waals surface area (Å²) in [5, 5.41) is 2.88. The van der Waals surface area contributed by atoms with Crippen LogP contribution in [0.2, 0.25) is 0 Å². The molecule has 0 saturated carbocycles. The molecule has 1 fully saturated rings. The predicted molar refractivity (Wildman–Crippen MR) is 74.7 cm³/mol. The summed E-state index contributed by atoms with van der Waals surface area (Å²) < 4.78 is 0. The van der Waals surface area contributed by atoms with E-state index in [1.165, 1.54) is 0 Å². The van der Waals surface area contributed by atoms with Crippen molar-refractivity contribution in [3.8, 4) is 0 Å². The molecule has 1 heterocycles. The lowest BCUT2D eigenvalue weighted by atomic mass is 10.2. The second kappa shape index (κ2) is 6.36. The highest BCUT2D eigenvalue weighted by Crippen LogP contribution is 2.20. The van der Waals surface area contributed by atoms with Gasteiger partial charge in [0, 0.05) is 18.7 Å². The Balaban J connectivity index is 2.00. The highest BCUT2D eigenvalue weighted by molar-refractivity contribution is 5.97. The number of hydrogen-bond acceptors (Lipinski definition) is 2.